The van der Waals surface area contributed by atoms with E-state index in [1.54, 1.807) is 6.07 Å². The lowest BCUT2D eigenvalue weighted by Crippen LogP contribution is -2.51. The van der Waals surface area contributed by atoms with Crippen molar-refractivity contribution >= 4 is 38.2 Å². The predicted octanol–water partition coefficient (Wildman–Crippen LogP) is 3.18. The molecule has 2 aromatic heterocycles. The Labute approximate surface area is 222 Å². The van der Waals surface area contributed by atoms with E-state index in [9.17, 15) is 18.6 Å². The second kappa shape index (κ2) is 10.7. The van der Waals surface area contributed by atoms with Gasteiger partial charge in [0, 0.05) is 60.8 Å². The second-order valence-electron chi connectivity index (χ2n) is 10.0. The monoisotopic (exact) mass is 545 g/mol. The number of phenols is 1. The number of aromatic hydroxyl groups is 1. The van der Waals surface area contributed by atoms with Crippen LogP contribution in [0.25, 0.3) is 10.8 Å². The van der Waals surface area contributed by atoms with Crippen molar-refractivity contribution in [3.63, 3.8) is 0 Å². The van der Waals surface area contributed by atoms with Gasteiger partial charge < -0.3 is 15.5 Å². The minimum absolute atomic E-state index is 0.0664. The Bertz CT molecular complexity index is 1390. The lowest BCUT2D eigenvalue weighted by atomic mass is 9.91. The van der Waals surface area contributed by atoms with Crippen LogP contribution >= 0.6 is 11.6 Å². The smallest absolute Gasteiger partial charge is 0.211 e. The predicted molar refractivity (Wildman–Crippen MR) is 144 cm³/mol. The molecule has 0 bridgehead atoms. The first-order valence-electron chi connectivity index (χ1n) is 12.5. The average Bonchev–Trinajstić information content (AvgIpc) is 2.87. The third-order valence-corrected chi connectivity index (χ3v) is 8.96. The third-order valence-electron chi connectivity index (χ3n) is 7.38. The molecule has 9 nitrogen and oxygen atoms in total. The molecule has 1 aromatic carbocycles. The summed E-state index contributed by atoms with van der Waals surface area (Å²) in [5.41, 5.74) is 1.82. The molecular formula is C26H32ClN5O4S. The minimum Gasteiger partial charge on any atom is -0.506 e. The molecule has 0 radical (unpaired) electrons. The molecule has 0 aliphatic carbocycles. The van der Waals surface area contributed by atoms with E-state index in [0.717, 1.165) is 54.2 Å². The molecule has 2 aliphatic rings. The number of nitrogens with zero attached hydrogens (tertiary/aromatic N) is 4. The van der Waals surface area contributed by atoms with Gasteiger partial charge in [-0.25, -0.2) is 13.4 Å². The zero-order valence-electron chi connectivity index (χ0n) is 20.7. The number of anilines is 1. The van der Waals surface area contributed by atoms with Gasteiger partial charge in [-0.15, -0.1) is 0 Å². The number of piperidine rings is 2. The number of β-amino-alcohol motifs (C(OH)–C–C–N with tert-alkyl or cyclic N) is 1. The summed E-state index contributed by atoms with van der Waals surface area (Å²) in [4.78, 5) is 11.6. The first-order chi connectivity index (χ1) is 17.7. The Balaban J connectivity index is 1.33. The summed E-state index contributed by atoms with van der Waals surface area (Å²) in [6.45, 7) is 2.79. The Kier molecular flexibility index (Phi) is 7.56. The summed E-state index contributed by atoms with van der Waals surface area (Å²) >= 11 is 6.11. The minimum atomic E-state index is -3.33. The Morgan fingerprint density at radius 3 is 2.78 bits per heavy atom. The summed E-state index contributed by atoms with van der Waals surface area (Å²) in [6, 6.07) is 9.08. The first-order valence-corrected chi connectivity index (χ1v) is 14.7. The number of aliphatic hydroxyl groups is 1. The highest BCUT2D eigenvalue weighted by Crippen LogP contribution is 2.34. The molecule has 2 fully saturated rings. The molecule has 37 heavy (non-hydrogen) atoms. The van der Waals surface area contributed by atoms with Crippen molar-refractivity contribution in [3.8, 4) is 5.75 Å². The van der Waals surface area contributed by atoms with Crippen LogP contribution in [0.4, 0.5) is 5.82 Å². The Morgan fingerprint density at radius 2 is 2.00 bits per heavy atom. The number of hydrogen-bond donors (Lipinski definition) is 3. The van der Waals surface area contributed by atoms with E-state index in [2.05, 4.69) is 15.2 Å². The van der Waals surface area contributed by atoms with Gasteiger partial charge in [0.15, 0.2) is 0 Å². The molecule has 0 amide bonds. The number of aromatic nitrogens is 2. The number of fused-ring (bicyclic) bond motifs is 1. The van der Waals surface area contributed by atoms with Crippen LogP contribution in [0.2, 0.25) is 5.02 Å². The molecule has 4 heterocycles. The van der Waals surface area contributed by atoms with Crippen LogP contribution in [-0.2, 0) is 16.6 Å². The van der Waals surface area contributed by atoms with E-state index < -0.39 is 16.1 Å². The molecule has 11 heteroatoms. The zero-order chi connectivity index (χ0) is 26.2. The standard InChI is InChI=1S/C26H32ClN5O4S/c1-37(35,36)32-11-8-22(23(33)16-32)30-24-12-20-17(13-29-24)7-9-28-25(20)18-5-3-10-31(14-18)15-19-4-2-6-21(27)26(19)34/h2,4,6-7,9,12-13,18,22-23,33-34H,3,5,8,10-11,14-16H2,1H3,(H,29,30)/t18-,22+,23+/m0/s1. The van der Waals surface area contributed by atoms with Gasteiger partial charge in [0.2, 0.25) is 10.0 Å². The van der Waals surface area contributed by atoms with E-state index in [1.165, 1.54) is 4.31 Å². The molecule has 3 aromatic rings. The van der Waals surface area contributed by atoms with Gasteiger partial charge in [0.25, 0.3) is 0 Å². The zero-order valence-corrected chi connectivity index (χ0v) is 22.3. The fraction of sp³-hybridized carbons (Fsp3) is 0.462. The van der Waals surface area contributed by atoms with Gasteiger partial charge in [-0.1, -0.05) is 23.7 Å². The summed E-state index contributed by atoms with van der Waals surface area (Å²) in [5.74, 6) is 0.994. The molecule has 0 saturated carbocycles. The number of pyridine rings is 2. The SMILES string of the molecule is CS(=O)(=O)N1CC[C@@H](Nc2cc3c([C@H]4CCCN(Cc5cccc(Cl)c5O)C4)nccc3cn2)[C@H](O)C1. The molecule has 0 unspecified atom stereocenters. The number of para-hydroxylation sites is 1. The van der Waals surface area contributed by atoms with E-state index in [1.807, 2.05) is 36.7 Å². The van der Waals surface area contributed by atoms with Gasteiger partial charge >= 0.3 is 0 Å². The number of aliphatic hydroxyl groups excluding tert-OH is 1. The van der Waals surface area contributed by atoms with Gasteiger partial charge in [-0.3, -0.25) is 9.88 Å². The van der Waals surface area contributed by atoms with Crippen molar-refractivity contribution in [1.82, 2.24) is 19.2 Å². The van der Waals surface area contributed by atoms with Crippen molar-refractivity contribution in [2.45, 2.75) is 43.9 Å². The lowest BCUT2D eigenvalue weighted by Gasteiger charge is -2.35. The quantitative estimate of drug-likeness (QED) is 0.432. The fourth-order valence-electron chi connectivity index (χ4n) is 5.41. The molecule has 3 atom stereocenters. The summed E-state index contributed by atoms with van der Waals surface area (Å²) < 4.78 is 25.0. The van der Waals surface area contributed by atoms with Crippen LogP contribution in [-0.4, -0.2) is 82.4 Å². The topological polar surface area (TPSA) is 119 Å². The van der Waals surface area contributed by atoms with Crippen LogP contribution in [0.15, 0.2) is 42.7 Å². The molecule has 3 N–H and O–H groups in total. The number of phenolic OH excluding ortho intramolecular Hbond substituents is 1. The number of likely N-dealkylation sites (tertiary alicyclic amines) is 1. The maximum absolute atomic E-state index is 11.8. The highest BCUT2D eigenvalue weighted by atomic mass is 35.5. The molecule has 198 valence electrons. The number of rotatable bonds is 6. The molecule has 5 rings (SSSR count). The van der Waals surface area contributed by atoms with Crippen LogP contribution in [0.1, 0.15) is 36.4 Å². The lowest BCUT2D eigenvalue weighted by molar-refractivity contribution is 0.0952. The van der Waals surface area contributed by atoms with Gasteiger partial charge in [0.1, 0.15) is 11.6 Å². The maximum Gasteiger partial charge on any atom is 0.211 e. The number of benzene rings is 1. The highest BCUT2D eigenvalue weighted by molar-refractivity contribution is 7.88. The number of sulfonamides is 1. The van der Waals surface area contributed by atoms with E-state index >= 15 is 0 Å². The fourth-order valence-corrected chi connectivity index (χ4v) is 6.46. The van der Waals surface area contributed by atoms with Crippen molar-refractivity contribution in [3.05, 3.63) is 59.0 Å². The van der Waals surface area contributed by atoms with E-state index in [4.69, 9.17) is 16.6 Å². The van der Waals surface area contributed by atoms with Crippen LogP contribution in [0, 0.1) is 0 Å². The average molecular weight is 546 g/mol. The summed E-state index contributed by atoms with van der Waals surface area (Å²) in [5, 5.41) is 26.6. The highest BCUT2D eigenvalue weighted by Gasteiger charge is 2.32. The number of nitrogens with one attached hydrogen (secondary N) is 1. The largest absolute Gasteiger partial charge is 0.506 e. The van der Waals surface area contributed by atoms with Crippen LogP contribution in [0.5, 0.6) is 5.75 Å². The van der Waals surface area contributed by atoms with E-state index in [0.29, 0.717) is 30.4 Å². The van der Waals surface area contributed by atoms with Gasteiger partial charge in [0.05, 0.1) is 29.1 Å². The third kappa shape index (κ3) is 5.83. The first kappa shape index (κ1) is 26.1. The molecule has 2 aliphatic heterocycles. The second-order valence-corrected chi connectivity index (χ2v) is 12.4. The van der Waals surface area contributed by atoms with Crippen LogP contribution in [0.3, 0.4) is 0 Å². The Morgan fingerprint density at radius 1 is 1.16 bits per heavy atom. The summed E-state index contributed by atoms with van der Waals surface area (Å²) in [6.07, 6.45) is 6.48. The maximum atomic E-state index is 11.8. The van der Waals surface area contributed by atoms with Crippen LogP contribution < -0.4 is 5.32 Å². The van der Waals surface area contributed by atoms with Crippen molar-refractivity contribution in [2.24, 2.45) is 0 Å². The number of hydrogen-bond acceptors (Lipinski definition) is 8. The van der Waals surface area contributed by atoms with Crippen molar-refractivity contribution < 1.29 is 18.6 Å². The molecule has 2 saturated heterocycles. The van der Waals surface area contributed by atoms with Crippen molar-refractivity contribution in [2.75, 3.05) is 37.8 Å². The Hall–Kier alpha value is -2.50. The van der Waals surface area contributed by atoms with Crippen molar-refractivity contribution in [1.29, 1.82) is 0 Å². The molecule has 0 spiro atoms. The molecular weight excluding hydrogens is 514 g/mol. The summed E-state index contributed by atoms with van der Waals surface area (Å²) in [7, 11) is -3.33. The van der Waals surface area contributed by atoms with Gasteiger partial charge in [-0.05, 0) is 44.0 Å². The number of halogens is 1. The normalized spacial score (nSPS) is 23.8. The van der Waals surface area contributed by atoms with Gasteiger partial charge in [-0.2, -0.15) is 4.31 Å². The van der Waals surface area contributed by atoms with E-state index in [-0.39, 0.29) is 24.3 Å².